The summed E-state index contributed by atoms with van der Waals surface area (Å²) in [5, 5.41) is 9.29. The quantitative estimate of drug-likeness (QED) is 0.689. The van der Waals surface area contributed by atoms with Gasteiger partial charge in [-0.3, -0.25) is 0 Å². The second-order valence-corrected chi connectivity index (χ2v) is 2.47. The normalized spacial score (nSPS) is 12.6. The minimum atomic E-state index is -1.05. The predicted octanol–water partition coefficient (Wildman–Crippen LogP) is 1.87. The fourth-order valence-corrected chi connectivity index (χ4v) is 0.878. The molecule has 1 rings (SSSR count). The van der Waals surface area contributed by atoms with Gasteiger partial charge in [-0.1, -0.05) is 17.7 Å². The lowest BCUT2D eigenvalue weighted by Gasteiger charge is -2.07. The first kappa shape index (κ1) is 8.37. The minimum absolute atomic E-state index is 0.514. The topological polar surface area (TPSA) is 29.5 Å². The average molecular weight is 172 g/mol. The van der Waals surface area contributed by atoms with Crippen molar-refractivity contribution in [1.29, 1.82) is 0 Å². The van der Waals surface area contributed by atoms with Crippen LogP contribution in [-0.2, 0) is 0 Å². The van der Waals surface area contributed by atoms with Crippen molar-refractivity contribution >= 4 is 11.6 Å². The Morgan fingerprint density at radius 2 is 2.27 bits per heavy atom. The van der Waals surface area contributed by atoms with E-state index in [1.807, 2.05) is 0 Å². The number of ether oxygens (including phenoxy) is 1. The molecule has 3 heteroatoms. The fraction of sp³-hybridized carbons (Fsp3) is 0.125. The SMILES string of the molecule is [CH2]C(O)Oc1cccc(Cl)c1. The summed E-state index contributed by atoms with van der Waals surface area (Å²) < 4.78 is 4.86. The Morgan fingerprint density at radius 1 is 1.55 bits per heavy atom. The summed E-state index contributed by atoms with van der Waals surface area (Å²) in [5.74, 6) is 0.514. The molecule has 0 aromatic heterocycles. The standard InChI is InChI=1S/C8H8ClO2/c1-6(10)11-8-4-2-3-7(9)5-8/h2-6,10H,1H2. The molecule has 0 spiro atoms. The lowest BCUT2D eigenvalue weighted by atomic mass is 10.3. The highest BCUT2D eigenvalue weighted by atomic mass is 35.5. The molecule has 0 bridgehead atoms. The average Bonchev–Trinajstić information content (AvgIpc) is 1.85. The third-order valence-electron chi connectivity index (χ3n) is 1.07. The lowest BCUT2D eigenvalue weighted by molar-refractivity contribution is 0.0223. The second-order valence-electron chi connectivity index (χ2n) is 2.03. The zero-order valence-corrected chi connectivity index (χ0v) is 6.58. The van der Waals surface area contributed by atoms with Gasteiger partial charge < -0.3 is 9.84 Å². The number of halogens is 1. The van der Waals surface area contributed by atoms with Crippen molar-refractivity contribution in [3.63, 3.8) is 0 Å². The highest BCUT2D eigenvalue weighted by Gasteiger charge is 1.97. The van der Waals surface area contributed by atoms with E-state index < -0.39 is 6.29 Å². The van der Waals surface area contributed by atoms with E-state index in [0.29, 0.717) is 10.8 Å². The molecule has 2 nitrogen and oxygen atoms in total. The van der Waals surface area contributed by atoms with Crippen molar-refractivity contribution in [1.82, 2.24) is 0 Å². The van der Waals surface area contributed by atoms with Gasteiger partial charge in [0.2, 0.25) is 0 Å². The summed E-state index contributed by atoms with van der Waals surface area (Å²) in [4.78, 5) is 0. The maximum absolute atomic E-state index is 8.72. The number of aliphatic hydroxyl groups is 1. The molecule has 1 radical (unpaired) electrons. The van der Waals surface area contributed by atoms with Gasteiger partial charge in [0.25, 0.3) is 0 Å². The van der Waals surface area contributed by atoms with Gasteiger partial charge in [-0.15, -0.1) is 0 Å². The van der Waals surface area contributed by atoms with E-state index in [1.54, 1.807) is 24.3 Å². The first-order valence-corrected chi connectivity index (χ1v) is 3.49. The van der Waals surface area contributed by atoms with E-state index in [0.717, 1.165) is 0 Å². The zero-order chi connectivity index (χ0) is 8.27. The van der Waals surface area contributed by atoms with Gasteiger partial charge in [0.1, 0.15) is 5.75 Å². The highest BCUT2D eigenvalue weighted by molar-refractivity contribution is 6.30. The summed E-state index contributed by atoms with van der Waals surface area (Å²) >= 11 is 5.65. The molecular weight excluding hydrogens is 164 g/mol. The van der Waals surface area contributed by atoms with Crippen LogP contribution in [0.3, 0.4) is 0 Å². The molecule has 1 aromatic rings. The molecule has 0 heterocycles. The Labute approximate surface area is 70.4 Å². The number of hydrogen-bond acceptors (Lipinski definition) is 2. The van der Waals surface area contributed by atoms with Crippen LogP contribution in [-0.4, -0.2) is 11.4 Å². The van der Waals surface area contributed by atoms with Gasteiger partial charge in [-0.05, 0) is 18.2 Å². The van der Waals surface area contributed by atoms with Gasteiger partial charge in [0, 0.05) is 11.9 Å². The van der Waals surface area contributed by atoms with Crippen molar-refractivity contribution in [3.05, 3.63) is 36.2 Å². The van der Waals surface area contributed by atoms with Gasteiger partial charge >= 0.3 is 0 Å². The van der Waals surface area contributed by atoms with Gasteiger partial charge in [0.15, 0.2) is 6.29 Å². The van der Waals surface area contributed by atoms with Gasteiger partial charge in [0.05, 0.1) is 0 Å². The second kappa shape index (κ2) is 3.60. The lowest BCUT2D eigenvalue weighted by Crippen LogP contribution is -2.09. The zero-order valence-electron chi connectivity index (χ0n) is 5.83. The van der Waals surface area contributed by atoms with Crippen LogP contribution in [0.1, 0.15) is 0 Å². The maximum Gasteiger partial charge on any atom is 0.197 e. The van der Waals surface area contributed by atoms with Crippen LogP contribution in [0, 0.1) is 6.92 Å². The summed E-state index contributed by atoms with van der Waals surface area (Å²) in [6, 6.07) is 6.76. The molecule has 1 unspecified atom stereocenters. The van der Waals surface area contributed by atoms with E-state index >= 15 is 0 Å². The van der Waals surface area contributed by atoms with E-state index in [4.69, 9.17) is 21.4 Å². The van der Waals surface area contributed by atoms with Crippen LogP contribution in [0.2, 0.25) is 5.02 Å². The number of rotatable bonds is 2. The van der Waals surface area contributed by atoms with Crippen LogP contribution in [0.15, 0.2) is 24.3 Å². The van der Waals surface area contributed by atoms with Crippen LogP contribution < -0.4 is 4.74 Å². The Balaban J connectivity index is 2.71. The molecule has 1 aromatic carbocycles. The van der Waals surface area contributed by atoms with E-state index in [1.165, 1.54) is 0 Å². The van der Waals surface area contributed by atoms with Crippen LogP contribution in [0.5, 0.6) is 5.75 Å². The number of benzene rings is 1. The molecule has 0 amide bonds. The minimum Gasteiger partial charge on any atom is -0.465 e. The third kappa shape index (κ3) is 2.78. The van der Waals surface area contributed by atoms with Crippen molar-refractivity contribution < 1.29 is 9.84 Å². The smallest absolute Gasteiger partial charge is 0.197 e. The van der Waals surface area contributed by atoms with E-state index in [-0.39, 0.29) is 0 Å². The van der Waals surface area contributed by atoms with Gasteiger partial charge in [-0.25, -0.2) is 0 Å². The molecule has 0 aliphatic heterocycles. The van der Waals surface area contributed by atoms with Crippen molar-refractivity contribution in [2.45, 2.75) is 6.29 Å². The molecule has 1 atom stereocenters. The van der Waals surface area contributed by atoms with E-state index in [2.05, 4.69) is 6.92 Å². The molecule has 1 N–H and O–H groups in total. The van der Waals surface area contributed by atoms with Crippen molar-refractivity contribution in [2.24, 2.45) is 0 Å². The van der Waals surface area contributed by atoms with Crippen LogP contribution in [0.25, 0.3) is 0 Å². The summed E-state index contributed by atoms with van der Waals surface area (Å²) in [7, 11) is 0. The molecular formula is C8H8ClO2. The first-order valence-electron chi connectivity index (χ1n) is 3.12. The first-order chi connectivity index (χ1) is 5.18. The molecule has 0 aliphatic rings. The largest absolute Gasteiger partial charge is 0.465 e. The van der Waals surface area contributed by atoms with E-state index in [9.17, 15) is 0 Å². The van der Waals surface area contributed by atoms with Crippen molar-refractivity contribution in [2.75, 3.05) is 0 Å². The molecule has 0 fully saturated rings. The van der Waals surface area contributed by atoms with Crippen LogP contribution in [0.4, 0.5) is 0 Å². The Hall–Kier alpha value is -0.730. The highest BCUT2D eigenvalue weighted by Crippen LogP contribution is 2.17. The van der Waals surface area contributed by atoms with Crippen molar-refractivity contribution in [3.8, 4) is 5.75 Å². The molecule has 0 aliphatic carbocycles. The Morgan fingerprint density at radius 3 is 2.82 bits per heavy atom. The monoisotopic (exact) mass is 171 g/mol. The fourth-order valence-electron chi connectivity index (χ4n) is 0.697. The molecule has 11 heavy (non-hydrogen) atoms. The summed E-state index contributed by atoms with van der Waals surface area (Å²) in [6.07, 6.45) is -1.05. The Kier molecular flexibility index (Phi) is 2.74. The third-order valence-corrected chi connectivity index (χ3v) is 1.30. The summed E-state index contributed by atoms with van der Waals surface area (Å²) in [6.45, 7) is 3.25. The van der Waals surface area contributed by atoms with Crippen LogP contribution >= 0.6 is 11.6 Å². The number of aliphatic hydroxyl groups excluding tert-OH is 1. The molecule has 0 saturated heterocycles. The Bertz CT molecular complexity index is 235. The van der Waals surface area contributed by atoms with Gasteiger partial charge in [-0.2, -0.15) is 0 Å². The summed E-state index contributed by atoms with van der Waals surface area (Å²) in [5.41, 5.74) is 0. The molecule has 59 valence electrons. The molecule has 0 saturated carbocycles. The number of hydrogen-bond donors (Lipinski definition) is 1. The maximum atomic E-state index is 8.72. The predicted molar refractivity (Wildman–Crippen MR) is 43.4 cm³/mol.